The van der Waals surface area contributed by atoms with Gasteiger partial charge in [0.05, 0.1) is 4.47 Å². The largest absolute Gasteiger partial charge is 0.365 e. The van der Waals surface area contributed by atoms with Crippen LogP contribution in [-0.2, 0) is 0 Å². The summed E-state index contributed by atoms with van der Waals surface area (Å²) in [5.74, 6) is 0.842. The van der Waals surface area contributed by atoms with Crippen molar-refractivity contribution in [2.75, 3.05) is 26.0 Å². The zero-order valence-corrected chi connectivity index (χ0v) is 10.2. The minimum Gasteiger partial charge on any atom is -0.365 e. The maximum atomic E-state index is 4.14. The first kappa shape index (κ1) is 11.4. The van der Waals surface area contributed by atoms with Crippen molar-refractivity contribution in [3.05, 3.63) is 17.0 Å². The summed E-state index contributed by atoms with van der Waals surface area (Å²) in [5.41, 5.74) is 0. The van der Waals surface area contributed by atoms with E-state index in [1.165, 1.54) is 6.33 Å². The lowest BCUT2D eigenvalue weighted by Gasteiger charge is -2.19. The maximum Gasteiger partial charge on any atom is 0.143 e. The highest BCUT2D eigenvalue weighted by Crippen LogP contribution is 2.17. The second-order valence-electron chi connectivity index (χ2n) is 3.53. The van der Waals surface area contributed by atoms with Gasteiger partial charge >= 0.3 is 0 Å². The third-order valence-electron chi connectivity index (χ3n) is 1.69. The van der Waals surface area contributed by atoms with Gasteiger partial charge in [0.25, 0.3) is 0 Å². The molecule has 1 rings (SSSR count). The van der Waals surface area contributed by atoms with Gasteiger partial charge in [-0.05, 0) is 36.9 Å². The Kier molecular flexibility index (Phi) is 4.28. The molecule has 14 heavy (non-hydrogen) atoms. The first-order valence-electron chi connectivity index (χ1n) is 4.46. The van der Waals surface area contributed by atoms with E-state index in [9.17, 15) is 0 Å². The summed E-state index contributed by atoms with van der Waals surface area (Å²) in [6.07, 6.45) is 3.27. The maximum absolute atomic E-state index is 4.14. The van der Waals surface area contributed by atoms with Crippen LogP contribution in [0.1, 0.15) is 6.92 Å². The van der Waals surface area contributed by atoms with E-state index in [0.29, 0.717) is 6.04 Å². The first-order valence-corrected chi connectivity index (χ1v) is 5.25. The lowest BCUT2D eigenvalue weighted by Crippen LogP contribution is -2.30. The van der Waals surface area contributed by atoms with Gasteiger partial charge in [0, 0.05) is 18.8 Å². The van der Waals surface area contributed by atoms with Crippen molar-refractivity contribution in [2.24, 2.45) is 0 Å². The normalized spacial score (nSPS) is 12.9. The number of rotatable bonds is 4. The van der Waals surface area contributed by atoms with Crippen LogP contribution in [0.4, 0.5) is 5.82 Å². The summed E-state index contributed by atoms with van der Waals surface area (Å²) < 4.78 is 0.894. The van der Waals surface area contributed by atoms with Crippen LogP contribution in [0.3, 0.4) is 0 Å². The molecule has 4 nitrogen and oxygen atoms in total. The van der Waals surface area contributed by atoms with Gasteiger partial charge in [-0.1, -0.05) is 0 Å². The molecule has 0 radical (unpaired) electrons. The highest BCUT2D eigenvalue weighted by molar-refractivity contribution is 9.10. The second kappa shape index (κ2) is 5.26. The zero-order valence-electron chi connectivity index (χ0n) is 8.66. The van der Waals surface area contributed by atoms with Crippen molar-refractivity contribution in [3.8, 4) is 0 Å². The third-order valence-corrected chi connectivity index (χ3v) is 2.27. The molecule has 0 aliphatic heterocycles. The van der Waals surface area contributed by atoms with Crippen LogP contribution in [0.15, 0.2) is 17.0 Å². The second-order valence-corrected chi connectivity index (χ2v) is 4.38. The van der Waals surface area contributed by atoms with Gasteiger partial charge in [0.15, 0.2) is 0 Å². The molecule has 0 aliphatic rings. The van der Waals surface area contributed by atoms with Crippen molar-refractivity contribution in [1.29, 1.82) is 0 Å². The predicted octanol–water partition coefficient (Wildman–Crippen LogP) is 1.60. The smallest absolute Gasteiger partial charge is 0.143 e. The fourth-order valence-electron chi connectivity index (χ4n) is 1.25. The molecule has 0 aromatic carbocycles. The van der Waals surface area contributed by atoms with E-state index < -0.39 is 0 Å². The van der Waals surface area contributed by atoms with E-state index in [1.54, 1.807) is 6.20 Å². The summed E-state index contributed by atoms with van der Waals surface area (Å²) in [6, 6.07) is 0.358. The van der Waals surface area contributed by atoms with Gasteiger partial charge in [-0.25, -0.2) is 9.97 Å². The number of halogens is 1. The van der Waals surface area contributed by atoms with Crippen molar-refractivity contribution in [2.45, 2.75) is 13.0 Å². The van der Waals surface area contributed by atoms with Gasteiger partial charge in [-0.2, -0.15) is 0 Å². The average Bonchev–Trinajstić information content (AvgIpc) is 2.07. The highest BCUT2D eigenvalue weighted by atomic mass is 79.9. The Morgan fingerprint density at radius 2 is 2.29 bits per heavy atom. The number of anilines is 1. The van der Waals surface area contributed by atoms with Crippen molar-refractivity contribution >= 4 is 21.7 Å². The molecule has 78 valence electrons. The topological polar surface area (TPSA) is 41.0 Å². The molecule has 1 aromatic rings. The van der Waals surface area contributed by atoms with Gasteiger partial charge in [-0.15, -0.1) is 0 Å². The zero-order chi connectivity index (χ0) is 10.6. The van der Waals surface area contributed by atoms with Crippen LogP contribution in [0.2, 0.25) is 0 Å². The Bertz CT molecular complexity index is 290. The standard InChI is InChI=1S/C9H15BrN4/c1-7(5-14(2)3)13-9-8(10)4-11-6-12-9/h4,6-7H,5H2,1-3H3,(H,11,12,13). The molecule has 1 aromatic heterocycles. The van der Waals surface area contributed by atoms with Crippen LogP contribution >= 0.6 is 15.9 Å². The summed E-state index contributed by atoms with van der Waals surface area (Å²) >= 11 is 3.39. The number of nitrogens with zero attached hydrogens (tertiary/aromatic N) is 3. The number of nitrogens with one attached hydrogen (secondary N) is 1. The average molecular weight is 259 g/mol. The lowest BCUT2D eigenvalue weighted by molar-refractivity contribution is 0.392. The molecule has 0 saturated carbocycles. The van der Waals surface area contributed by atoms with Crippen molar-refractivity contribution < 1.29 is 0 Å². The van der Waals surface area contributed by atoms with Gasteiger partial charge in [0.1, 0.15) is 12.1 Å². The number of hydrogen-bond donors (Lipinski definition) is 1. The Labute approximate surface area is 92.9 Å². The minimum atomic E-state index is 0.358. The third kappa shape index (κ3) is 3.59. The van der Waals surface area contributed by atoms with Crippen molar-refractivity contribution in [3.63, 3.8) is 0 Å². The quantitative estimate of drug-likeness (QED) is 0.891. The summed E-state index contributed by atoms with van der Waals surface area (Å²) in [4.78, 5) is 10.2. The molecule has 0 amide bonds. The van der Waals surface area contributed by atoms with Crippen molar-refractivity contribution in [1.82, 2.24) is 14.9 Å². The molecule has 0 aliphatic carbocycles. The summed E-state index contributed by atoms with van der Waals surface area (Å²) in [6.45, 7) is 3.09. The Balaban J connectivity index is 2.56. The number of hydrogen-bond acceptors (Lipinski definition) is 4. The molecule has 1 N–H and O–H groups in total. The molecule has 0 fully saturated rings. The Morgan fingerprint density at radius 3 is 2.86 bits per heavy atom. The van der Waals surface area contributed by atoms with E-state index in [-0.39, 0.29) is 0 Å². The molecule has 1 atom stereocenters. The SMILES string of the molecule is CC(CN(C)C)Nc1ncncc1Br. The number of likely N-dealkylation sites (N-methyl/N-ethyl adjacent to an activating group) is 1. The first-order chi connectivity index (χ1) is 6.59. The van der Waals surface area contributed by atoms with Gasteiger partial charge in [0.2, 0.25) is 0 Å². The van der Waals surface area contributed by atoms with E-state index in [0.717, 1.165) is 16.8 Å². The lowest BCUT2D eigenvalue weighted by atomic mass is 10.3. The fourth-order valence-corrected chi connectivity index (χ4v) is 1.58. The van der Waals surface area contributed by atoms with Gasteiger partial charge < -0.3 is 10.2 Å². The van der Waals surface area contributed by atoms with E-state index in [4.69, 9.17) is 0 Å². The number of aromatic nitrogens is 2. The molecule has 5 heteroatoms. The molecule has 1 heterocycles. The van der Waals surface area contributed by atoms with E-state index >= 15 is 0 Å². The predicted molar refractivity (Wildman–Crippen MR) is 61.4 cm³/mol. The molecule has 0 bridgehead atoms. The Hall–Kier alpha value is -0.680. The molecular formula is C9H15BrN4. The van der Waals surface area contributed by atoms with Gasteiger partial charge in [-0.3, -0.25) is 0 Å². The van der Waals surface area contributed by atoms with Crippen LogP contribution in [0.5, 0.6) is 0 Å². The summed E-state index contributed by atoms with van der Waals surface area (Å²) in [7, 11) is 4.10. The highest BCUT2D eigenvalue weighted by Gasteiger charge is 2.06. The fraction of sp³-hybridized carbons (Fsp3) is 0.556. The van der Waals surface area contributed by atoms with Crippen LogP contribution < -0.4 is 5.32 Å². The van der Waals surface area contributed by atoms with Crippen LogP contribution in [0, 0.1) is 0 Å². The minimum absolute atomic E-state index is 0.358. The monoisotopic (exact) mass is 258 g/mol. The van der Waals surface area contributed by atoms with Crippen LogP contribution in [-0.4, -0.2) is 41.5 Å². The van der Waals surface area contributed by atoms with E-state index in [2.05, 4.69) is 43.0 Å². The van der Waals surface area contributed by atoms with E-state index in [1.807, 2.05) is 14.1 Å². The molecular weight excluding hydrogens is 244 g/mol. The molecule has 0 saturated heterocycles. The summed E-state index contributed by atoms with van der Waals surface area (Å²) in [5, 5.41) is 3.30. The molecule has 0 spiro atoms. The Morgan fingerprint density at radius 1 is 1.57 bits per heavy atom. The van der Waals surface area contributed by atoms with Crippen LogP contribution in [0.25, 0.3) is 0 Å². The molecule has 1 unspecified atom stereocenters.